The second-order valence-corrected chi connectivity index (χ2v) is 8.56. The molecule has 6 heteroatoms. The Morgan fingerprint density at radius 1 is 1.20 bits per heavy atom. The van der Waals surface area contributed by atoms with Gasteiger partial charge in [0.05, 0.1) is 17.3 Å². The molecule has 4 rings (SSSR count). The van der Waals surface area contributed by atoms with Gasteiger partial charge in [0.25, 0.3) is 0 Å². The minimum Gasteiger partial charge on any atom is -0.354 e. The molecule has 2 aromatic rings. The van der Waals surface area contributed by atoms with E-state index in [9.17, 15) is 9.59 Å². The normalized spacial score (nSPS) is 17.8. The molecule has 0 radical (unpaired) electrons. The van der Waals surface area contributed by atoms with Gasteiger partial charge in [-0.2, -0.15) is 0 Å². The zero-order valence-corrected chi connectivity index (χ0v) is 18.1. The molecule has 0 bridgehead atoms. The SMILES string of the molecule is Cc1cc2c(cc1C)N(CC(=O)NCCc1ccc(Cl)cc1)C(=O)C1CCCC1=N2. The lowest BCUT2D eigenvalue weighted by molar-refractivity contribution is -0.124. The van der Waals surface area contributed by atoms with Crippen LogP contribution in [0.4, 0.5) is 11.4 Å². The van der Waals surface area contributed by atoms with E-state index in [0.717, 1.165) is 53.0 Å². The number of halogens is 1. The van der Waals surface area contributed by atoms with E-state index in [0.29, 0.717) is 18.0 Å². The molecule has 30 heavy (non-hydrogen) atoms. The van der Waals surface area contributed by atoms with Crippen LogP contribution >= 0.6 is 11.6 Å². The van der Waals surface area contributed by atoms with E-state index in [-0.39, 0.29) is 24.3 Å². The van der Waals surface area contributed by atoms with Crippen LogP contribution in [0.25, 0.3) is 0 Å². The zero-order valence-electron chi connectivity index (χ0n) is 17.4. The fourth-order valence-electron chi connectivity index (χ4n) is 4.14. The van der Waals surface area contributed by atoms with Crippen LogP contribution in [0.5, 0.6) is 0 Å². The first-order valence-corrected chi connectivity index (χ1v) is 10.8. The minimum absolute atomic E-state index is 0.00819. The number of aliphatic imine (C=N–C) groups is 1. The summed E-state index contributed by atoms with van der Waals surface area (Å²) in [6.07, 6.45) is 3.33. The lowest BCUT2D eigenvalue weighted by Gasteiger charge is -2.25. The van der Waals surface area contributed by atoms with Gasteiger partial charge in [0, 0.05) is 17.3 Å². The van der Waals surface area contributed by atoms with Crippen molar-refractivity contribution >= 4 is 40.5 Å². The third-order valence-corrected chi connectivity index (χ3v) is 6.24. The fourth-order valence-corrected chi connectivity index (χ4v) is 4.27. The first-order chi connectivity index (χ1) is 14.4. The Morgan fingerprint density at radius 3 is 2.70 bits per heavy atom. The molecule has 0 saturated heterocycles. The Morgan fingerprint density at radius 2 is 1.93 bits per heavy atom. The number of anilines is 1. The smallest absolute Gasteiger partial charge is 0.240 e. The molecule has 1 unspecified atom stereocenters. The number of fused-ring (bicyclic) bond motifs is 2. The Bertz CT molecular complexity index is 1010. The zero-order chi connectivity index (χ0) is 21.3. The van der Waals surface area contributed by atoms with Gasteiger partial charge in [0.2, 0.25) is 11.8 Å². The van der Waals surface area contributed by atoms with Crippen molar-refractivity contribution in [3.63, 3.8) is 0 Å². The van der Waals surface area contributed by atoms with Gasteiger partial charge in [-0.1, -0.05) is 23.7 Å². The highest BCUT2D eigenvalue weighted by Crippen LogP contribution is 2.39. The van der Waals surface area contributed by atoms with Gasteiger partial charge in [-0.15, -0.1) is 0 Å². The Labute approximate surface area is 182 Å². The highest BCUT2D eigenvalue weighted by molar-refractivity contribution is 6.30. The molecule has 1 aliphatic heterocycles. The van der Waals surface area contributed by atoms with Crippen molar-refractivity contribution in [2.75, 3.05) is 18.0 Å². The first-order valence-electron chi connectivity index (χ1n) is 10.4. The van der Waals surface area contributed by atoms with Crippen LogP contribution in [0.3, 0.4) is 0 Å². The average molecular weight is 424 g/mol. The number of hydrogen-bond donors (Lipinski definition) is 1. The maximum Gasteiger partial charge on any atom is 0.240 e. The van der Waals surface area contributed by atoms with Crippen LogP contribution in [0, 0.1) is 19.8 Å². The van der Waals surface area contributed by atoms with Crippen LogP contribution in [0.2, 0.25) is 5.02 Å². The maximum absolute atomic E-state index is 13.3. The molecule has 0 spiro atoms. The van der Waals surface area contributed by atoms with E-state index in [1.165, 1.54) is 0 Å². The standard InChI is InChI=1S/C24H26ClN3O2/c1-15-12-21-22(13-16(15)2)28(24(30)19-4-3-5-20(19)27-21)14-23(29)26-11-10-17-6-8-18(25)9-7-17/h6-9,12-13,19H,3-5,10-11,14H2,1-2H3,(H,26,29). The number of rotatable bonds is 5. The second kappa shape index (κ2) is 8.60. The van der Waals surface area contributed by atoms with Crippen LogP contribution in [0.1, 0.15) is 36.0 Å². The monoisotopic (exact) mass is 423 g/mol. The molecule has 1 heterocycles. The molecular formula is C24H26ClN3O2. The molecule has 2 aromatic carbocycles. The number of benzene rings is 2. The van der Waals surface area contributed by atoms with E-state index >= 15 is 0 Å². The third kappa shape index (κ3) is 4.26. The maximum atomic E-state index is 13.3. The van der Waals surface area contributed by atoms with Gasteiger partial charge in [-0.3, -0.25) is 14.6 Å². The summed E-state index contributed by atoms with van der Waals surface area (Å²) >= 11 is 5.92. The van der Waals surface area contributed by atoms with Gasteiger partial charge >= 0.3 is 0 Å². The summed E-state index contributed by atoms with van der Waals surface area (Å²) < 4.78 is 0. The van der Waals surface area contributed by atoms with E-state index in [1.807, 2.05) is 50.2 Å². The van der Waals surface area contributed by atoms with Crippen molar-refractivity contribution in [2.45, 2.75) is 39.5 Å². The minimum atomic E-state index is -0.208. The van der Waals surface area contributed by atoms with Crippen LogP contribution in [-0.2, 0) is 16.0 Å². The van der Waals surface area contributed by atoms with Gasteiger partial charge in [-0.25, -0.2) is 0 Å². The molecule has 5 nitrogen and oxygen atoms in total. The van der Waals surface area contributed by atoms with Crippen LogP contribution in [0.15, 0.2) is 41.4 Å². The van der Waals surface area contributed by atoms with Crippen molar-refractivity contribution < 1.29 is 9.59 Å². The molecule has 1 aliphatic carbocycles. The number of nitrogens with zero attached hydrogens (tertiary/aromatic N) is 2. The molecular weight excluding hydrogens is 398 g/mol. The summed E-state index contributed by atoms with van der Waals surface area (Å²) in [5, 5.41) is 3.64. The third-order valence-electron chi connectivity index (χ3n) is 5.99. The summed E-state index contributed by atoms with van der Waals surface area (Å²) in [6, 6.07) is 11.6. The van der Waals surface area contributed by atoms with Gasteiger partial charge in [0.15, 0.2) is 0 Å². The lowest BCUT2D eigenvalue weighted by atomic mass is 10.0. The molecule has 1 atom stereocenters. The van der Waals surface area contributed by atoms with Gasteiger partial charge in [-0.05, 0) is 80.5 Å². The topological polar surface area (TPSA) is 61.8 Å². The van der Waals surface area contributed by atoms with Crippen molar-refractivity contribution in [1.29, 1.82) is 0 Å². The summed E-state index contributed by atoms with van der Waals surface area (Å²) in [5.74, 6) is -0.385. The number of carbonyl (C=O) groups excluding carboxylic acids is 2. The molecule has 156 valence electrons. The quantitative estimate of drug-likeness (QED) is 0.767. The fraction of sp³-hybridized carbons (Fsp3) is 0.375. The highest BCUT2D eigenvalue weighted by atomic mass is 35.5. The van der Waals surface area contributed by atoms with E-state index in [1.54, 1.807) is 4.90 Å². The average Bonchev–Trinajstić information content (AvgIpc) is 3.14. The molecule has 1 fully saturated rings. The highest BCUT2D eigenvalue weighted by Gasteiger charge is 2.37. The summed E-state index contributed by atoms with van der Waals surface area (Å²) in [7, 11) is 0. The van der Waals surface area contributed by atoms with E-state index in [2.05, 4.69) is 5.32 Å². The lowest BCUT2D eigenvalue weighted by Crippen LogP contribution is -2.44. The Balaban J connectivity index is 1.50. The largest absolute Gasteiger partial charge is 0.354 e. The van der Waals surface area contributed by atoms with Crippen molar-refractivity contribution in [3.05, 3.63) is 58.1 Å². The number of carbonyl (C=O) groups is 2. The van der Waals surface area contributed by atoms with Crippen LogP contribution < -0.4 is 10.2 Å². The predicted molar refractivity (Wildman–Crippen MR) is 121 cm³/mol. The number of aryl methyl sites for hydroxylation is 2. The predicted octanol–water partition coefficient (Wildman–Crippen LogP) is 4.53. The number of nitrogens with one attached hydrogen (secondary N) is 1. The van der Waals surface area contributed by atoms with Crippen molar-refractivity contribution in [3.8, 4) is 0 Å². The van der Waals surface area contributed by atoms with Gasteiger partial charge in [0.1, 0.15) is 6.54 Å². The summed E-state index contributed by atoms with van der Waals surface area (Å²) in [4.78, 5) is 32.5. The van der Waals surface area contributed by atoms with Crippen LogP contribution in [-0.4, -0.2) is 30.6 Å². The summed E-state index contributed by atoms with van der Waals surface area (Å²) in [6.45, 7) is 4.58. The Hall–Kier alpha value is -2.66. The second-order valence-electron chi connectivity index (χ2n) is 8.12. The number of hydrogen-bond acceptors (Lipinski definition) is 3. The number of amides is 2. The van der Waals surface area contributed by atoms with E-state index in [4.69, 9.17) is 16.6 Å². The van der Waals surface area contributed by atoms with Gasteiger partial charge < -0.3 is 10.2 Å². The van der Waals surface area contributed by atoms with Crippen molar-refractivity contribution in [1.82, 2.24) is 5.32 Å². The molecule has 1 saturated carbocycles. The molecule has 0 aromatic heterocycles. The Kier molecular flexibility index (Phi) is 5.91. The molecule has 2 amide bonds. The molecule has 1 N–H and O–H groups in total. The molecule has 2 aliphatic rings. The van der Waals surface area contributed by atoms with E-state index < -0.39 is 0 Å². The van der Waals surface area contributed by atoms with Crippen molar-refractivity contribution in [2.24, 2.45) is 10.9 Å². The summed E-state index contributed by atoms with van der Waals surface area (Å²) in [5.41, 5.74) is 5.80. The first kappa shape index (κ1) is 20.6.